The molecular formula is C16H14ClN3O. The molecule has 2 N–H and O–H groups in total. The van der Waals surface area contributed by atoms with E-state index in [1.165, 1.54) is 0 Å². The van der Waals surface area contributed by atoms with Crippen molar-refractivity contribution in [2.45, 2.75) is 13.0 Å². The molecule has 1 aromatic heterocycles. The monoisotopic (exact) mass is 299 g/mol. The second-order valence-electron chi connectivity index (χ2n) is 4.80. The summed E-state index contributed by atoms with van der Waals surface area (Å²) in [6, 6.07) is 14.8. The van der Waals surface area contributed by atoms with Crippen LogP contribution in [0, 0.1) is 6.92 Å². The Labute approximate surface area is 127 Å². The molecule has 0 fully saturated rings. The van der Waals surface area contributed by atoms with Crippen LogP contribution in [0.3, 0.4) is 0 Å². The van der Waals surface area contributed by atoms with Gasteiger partial charge in [0, 0.05) is 10.6 Å². The first-order chi connectivity index (χ1) is 10.1. The maximum absolute atomic E-state index is 6.14. The Bertz CT molecular complexity index is 755. The van der Waals surface area contributed by atoms with Gasteiger partial charge >= 0.3 is 0 Å². The maximum atomic E-state index is 6.14. The zero-order valence-electron chi connectivity index (χ0n) is 11.5. The van der Waals surface area contributed by atoms with E-state index in [9.17, 15) is 0 Å². The van der Waals surface area contributed by atoms with E-state index in [2.05, 4.69) is 10.2 Å². The molecule has 2 aromatic carbocycles. The molecule has 0 amide bonds. The molecule has 0 saturated heterocycles. The molecule has 0 saturated carbocycles. The third-order valence-corrected chi connectivity index (χ3v) is 3.69. The number of hydrogen-bond acceptors (Lipinski definition) is 4. The fourth-order valence-corrected chi connectivity index (χ4v) is 2.18. The molecule has 0 radical (unpaired) electrons. The van der Waals surface area contributed by atoms with Crippen molar-refractivity contribution in [1.82, 2.24) is 10.2 Å². The largest absolute Gasteiger partial charge is 0.419 e. The second-order valence-corrected chi connectivity index (χ2v) is 5.20. The van der Waals surface area contributed by atoms with Gasteiger partial charge in [-0.2, -0.15) is 0 Å². The zero-order chi connectivity index (χ0) is 14.8. The lowest BCUT2D eigenvalue weighted by atomic mass is 10.1. The van der Waals surface area contributed by atoms with Crippen molar-refractivity contribution in [3.8, 4) is 11.5 Å². The van der Waals surface area contributed by atoms with E-state index >= 15 is 0 Å². The van der Waals surface area contributed by atoms with Crippen molar-refractivity contribution < 1.29 is 4.42 Å². The van der Waals surface area contributed by atoms with Gasteiger partial charge in [-0.15, -0.1) is 10.2 Å². The van der Waals surface area contributed by atoms with Gasteiger partial charge in [0.05, 0.1) is 0 Å². The van der Waals surface area contributed by atoms with Crippen LogP contribution in [0.2, 0.25) is 5.02 Å². The van der Waals surface area contributed by atoms with Gasteiger partial charge < -0.3 is 10.2 Å². The SMILES string of the molecule is Cc1cc(-c2nnc(C(N)c3ccccc3)o2)ccc1Cl. The van der Waals surface area contributed by atoms with Crippen LogP contribution >= 0.6 is 11.6 Å². The van der Waals surface area contributed by atoms with Crippen LogP contribution in [0.25, 0.3) is 11.5 Å². The fourth-order valence-electron chi connectivity index (χ4n) is 2.06. The summed E-state index contributed by atoms with van der Waals surface area (Å²) in [5, 5.41) is 8.82. The standard InChI is InChI=1S/C16H14ClN3O/c1-10-9-12(7-8-13(10)17)15-19-20-16(21-15)14(18)11-5-3-2-4-6-11/h2-9,14H,18H2,1H3. The highest BCUT2D eigenvalue weighted by atomic mass is 35.5. The summed E-state index contributed by atoms with van der Waals surface area (Å²) in [6.07, 6.45) is 0. The van der Waals surface area contributed by atoms with Crippen molar-refractivity contribution >= 4 is 11.6 Å². The molecule has 3 aromatic rings. The highest BCUT2D eigenvalue weighted by Crippen LogP contribution is 2.26. The normalized spacial score (nSPS) is 12.3. The van der Waals surface area contributed by atoms with Crippen LogP contribution in [0.5, 0.6) is 0 Å². The van der Waals surface area contributed by atoms with Crippen molar-refractivity contribution in [3.63, 3.8) is 0 Å². The Morgan fingerprint density at radius 1 is 1.10 bits per heavy atom. The molecule has 1 unspecified atom stereocenters. The average Bonchev–Trinajstić information content (AvgIpc) is 3.00. The molecule has 4 nitrogen and oxygen atoms in total. The van der Waals surface area contributed by atoms with Gasteiger partial charge in [-0.3, -0.25) is 0 Å². The van der Waals surface area contributed by atoms with Gasteiger partial charge in [0.25, 0.3) is 0 Å². The number of nitrogens with zero attached hydrogens (tertiary/aromatic N) is 2. The molecule has 0 aliphatic heterocycles. The predicted molar refractivity (Wildman–Crippen MR) is 82.0 cm³/mol. The van der Waals surface area contributed by atoms with E-state index in [0.29, 0.717) is 16.8 Å². The summed E-state index contributed by atoms with van der Waals surface area (Å²) in [4.78, 5) is 0. The quantitative estimate of drug-likeness (QED) is 0.800. The number of nitrogens with two attached hydrogens (primary N) is 1. The van der Waals surface area contributed by atoms with Crippen LogP contribution in [0.15, 0.2) is 52.9 Å². The van der Waals surface area contributed by atoms with Gasteiger partial charge in [-0.05, 0) is 36.2 Å². The molecule has 3 rings (SSSR count). The van der Waals surface area contributed by atoms with E-state index in [1.807, 2.05) is 55.5 Å². The van der Waals surface area contributed by atoms with Gasteiger partial charge in [0.1, 0.15) is 6.04 Å². The summed E-state index contributed by atoms with van der Waals surface area (Å²) in [7, 11) is 0. The Morgan fingerprint density at radius 3 is 2.57 bits per heavy atom. The highest BCUT2D eigenvalue weighted by molar-refractivity contribution is 6.31. The predicted octanol–water partition coefficient (Wildman–Crippen LogP) is 3.75. The average molecular weight is 300 g/mol. The number of aromatic nitrogens is 2. The van der Waals surface area contributed by atoms with Crippen LogP contribution < -0.4 is 5.73 Å². The third kappa shape index (κ3) is 2.82. The van der Waals surface area contributed by atoms with Crippen molar-refractivity contribution in [2.75, 3.05) is 0 Å². The summed E-state index contributed by atoms with van der Waals surface area (Å²) in [5.41, 5.74) is 8.86. The minimum absolute atomic E-state index is 0.392. The molecular weight excluding hydrogens is 286 g/mol. The molecule has 0 bridgehead atoms. The van der Waals surface area contributed by atoms with Crippen LogP contribution in [0.1, 0.15) is 23.1 Å². The molecule has 1 atom stereocenters. The first-order valence-electron chi connectivity index (χ1n) is 6.55. The Hall–Kier alpha value is -2.17. The van der Waals surface area contributed by atoms with Crippen molar-refractivity contribution in [3.05, 3.63) is 70.6 Å². The van der Waals surface area contributed by atoms with Gasteiger partial charge in [0.2, 0.25) is 11.8 Å². The first-order valence-corrected chi connectivity index (χ1v) is 6.93. The molecule has 0 aliphatic rings. The summed E-state index contributed by atoms with van der Waals surface area (Å²) in [6.45, 7) is 1.93. The topological polar surface area (TPSA) is 64.9 Å². The summed E-state index contributed by atoms with van der Waals surface area (Å²) < 4.78 is 5.69. The fraction of sp³-hybridized carbons (Fsp3) is 0.125. The molecule has 0 aliphatic carbocycles. The van der Waals surface area contributed by atoms with Crippen LogP contribution in [-0.2, 0) is 0 Å². The molecule has 0 spiro atoms. The van der Waals surface area contributed by atoms with E-state index in [1.54, 1.807) is 0 Å². The molecule has 5 heteroatoms. The molecule has 106 valence electrons. The highest BCUT2D eigenvalue weighted by Gasteiger charge is 2.17. The number of halogens is 1. The Balaban J connectivity index is 1.91. The maximum Gasteiger partial charge on any atom is 0.247 e. The third-order valence-electron chi connectivity index (χ3n) is 3.27. The van der Waals surface area contributed by atoms with E-state index in [4.69, 9.17) is 21.8 Å². The molecule has 1 heterocycles. The van der Waals surface area contributed by atoms with Crippen molar-refractivity contribution in [1.29, 1.82) is 0 Å². The van der Waals surface area contributed by atoms with Crippen LogP contribution in [0.4, 0.5) is 0 Å². The van der Waals surface area contributed by atoms with Gasteiger partial charge in [-0.25, -0.2) is 0 Å². The van der Waals surface area contributed by atoms with E-state index in [0.717, 1.165) is 16.7 Å². The Morgan fingerprint density at radius 2 is 1.86 bits per heavy atom. The lowest BCUT2D eigenvalue weighted by Gasteiger charge is -2.06. The Kier molecular flexibility index (Phi) is 3.73. The number of rotatable bonds is 3. The second kappa shape index (κ2) is 5.68. The van der Waals surface area contributed by atoms with Crippen molar-refractivity contribution in [2.24, 2.45) is 5.73 Å². The lowest BCUT2D eigenvalue weighted by Crippen LogP contribution is -2.11. The minimum Gasteiger partial charge on any atom is -0.419 e. The minimum atomic E-state index is -0.430. The number of hydrogen-bond donors (Lipinski definition) is 1. The lowest BCUT2D eigenvalue weighted by molar-refractivity contribution is 0.484. The number of benzene rings is 2. The first kappa shape index (κ1) is 13.8. The summed E-state index contributed by atoms with van der Waals surface area (Å²) >= 11 is 6.02. The molecule has 21 heavy (non-hydrogen) atoms. The van der Waals surface area contributed by atoms with E-state index < -0.39 is 6.04 Å². The zero-order valence-corrected chi connectivity index (χ0v) is 12.2. The van der Waals surface area contributed by atoms with E-state index in [-0.39, 0.29) is 0 Å². The smallest absolute Gasteiger partial charge is 0.247 e. The van der Waals surface area contributed by atoms with Gasteiger partial charge in [0.15, 0.2) is 0 Å². The van der Waals surface area contributed by atoms with Gasteiger partial charge in [-0.1, -0.05) is 41.9 Å². The summed E-state index contributed by atoms with van der Waals surface area (Å²) in [5.74, 6) is 0.833. The van der Waals surface area contributed by atoms with Crippen LogP contribution in [-0.4, -0.2) is 10.2 Å². The number of aryl methyl sites for hydroxylation is 1.